The summed E-state index contributed by atoms with van der Waals surface area (Å²) in [4.78, 5) is 41.9. The molecule has 4 rings (SSSR count). The number of fused-ring (bicyclic) bond motifs is 2. The third-order valence-corrected chi connectivity index (χ3v) is 7.74. The van der Waals surface area contributed by atoms with Crippen molar-refractivity contribution in [1.82, 2.24) is 20.4 Å². The zero-order valence-electron chi connectivity index (χ0n) is 23.1. The summed E-state index contributed by atoms with van der Waals surface area (Å²) >= 11 is 0. The first-order valence-corrected chi connectivity index (χ1v) is 13.7. The minimum atomic E-state index is -1.11. The molecular weight excluding hydrogens is 488 g/mol. The number of carbonyl (C=O) groups is 3. The summed E-state index contributed by atoms with van der Waals surface area (Å²) in [6, 6.07) is 6.10. The topological polar surface area (TPSA) is 120 Å². The lowest BCUT2D eigenvalue weighted by atomic mass is 9.87. The van der Waals surface area contributed by atoms with Gasteiger partial charge in [-0.15, -0.1) is 0 Å². The number of likely N-dealkylation sites (N-methyl/N-ethyl adjacent to an activating group) is 1. The lowest BCUT2D eigenvalue weighted by Crippen LogP contribution is -2.59. The quantitative estimate of drug-likeness (QED) is 0.535. The number of amides is 3. The summed E-state index contributed by atoms with van der Waals surface area (Å²) in [6.45, 7) is 7.23. The average molecular weight is 531 g/mol. The molecule has 3 N–H and O–H groups in total. The molecule has 0 saturated carbocycles. The molecule has 0 aromatic heterocycles. The van der Waals surface area contributed by atoms with Crippen molar-refractivity contribution in [3.63, 3.8) is 0 Å². The van der Waals surface area contributed by atoms with Crippen LogP contribution < -0.4 is 10.6 Å². The predicted molar refractivity (Wildman–Crippen MR) is 141 cm³/mol. The van der Waals surface area contributed by atoms with Crippen LogP contribution in [-0.4, -0.2) is 82.7 Å². The molecule has 0 spiro atoms. The van der Waals surface area contributed by atoms with Crippen LogP contribution in [0.2, 0.25) is 0 Å². The van der Waals surface area contributed by atoms with E-state index in [1.807, 2.05) is 12.1 Å². The number of aryl methyl sites for hydroxylation is 1. The second kappa shape index (κ2) is 11.6. The van der Waals surface area contributed by atoms with Crippen LogP contribution in [0.25, 0.3) is 0 Å². The van der Waals surface area contributed by atoms with Gasteiger partial charge in [0.25, 0.3) is 0 Å². The molecule has 38 heavy (non-hydrogen) atoms. The minimum Gasteiger partial charge on any atom is -0.444 e. The van der Waals surface area contributed by atoms with Crippen molar-refractivity contribution in [2.24, 2.45) is 0 Å². The number of hydrogen-bond donors (Lipinski definition) is 3. The number of rotatable bonds is 5. The SMILES string of the molecule is C[C@@H](C(=O)N[C@H]1CCO[C@H]2CC[C@H](C(=O)N[C@@H]3CCCc4ccccc43)N2C1O)N(C)C(=O)OC(C)(C)C. The van der Waals surface area contributed by atoms with E-state index < -0.39 is 48.2 Å². The van der Waals surface area contributed by atoms with Crippen LogP contribution in [0, 0.1) is 0 Å². The highest BCUT2D eigenvalue weighted by atomic mass is 16.6. The summed E-state index contributed by atoms with van der Waals surface area (Å²) in [7, 11) is 1.51. The van der Waals surface area contributed by atoms with Gasteiger partial charge in [-0.3, -0.25) is 14.5 Å². The number of ether oxygens (including phenoxy) is 2. The van der Waals surface area contributed by atoms with E-state index in [1.165, 1.54) is 17.5 Å². The molecule has 0 radical (unpaired) electrons. The van der Waals surface area contributed by atoms with Crippen molar-refractivity contribution in [3.05, 3.63) is 35.4 Å². The molecule has 0 bridgehead atoms. The van der Waals surface area contributed by atoms with E-state index in [-0.39, 0.29) is 11.9 Å². The van der Waals surface area contributed by atoms with Crippen LogP contribution in [0.1, 0.15) is 77.0 Å². The molecule has 10 nitrogen and oxygen atoms in total. The maximum Gasteiger partial charge on any atom is 0.410 e. The first-order valence-electron chi connectivity index (χ1n) is 13.7. The number of aliphatic hydroxyl groups excluding tert-OH is 1. The molecule has 1 unspecified atom stereocenters. The third kappa shape index (κ3) is 6.30. The van der Waals surface area contributed by atoms with Gasteiger partial charge in [-0.25, -0.2) is 9.69 Å². The third-order valence-electron chi connectivity index (χ3n) is 7.74. The van der Waals surface area contributed by atoms with Gasteiger partial charge in [-0.1, -0.05) is 24.3 Å². The fraction of sp³-hybridized carbons (Fsp3) is 0.679. The van der Waals surface area contributed by atoms with Gasteiger partial charge in [-0.2, -0.15) is 0 Å². The van der Waals surface area contributed by atoms with E-state index in [0.29, 0.717) is 25.9 Å². The summed E-state index contributed by atoms with van der Waals surface area (Å²) < 4.78 is 11.4. The molecule has 2 aliphatic heterocycles. The first kappa shape index (κ1) is 28.3. The van der Waals surface area contributed by atoms with Gasteiger partial charge in [-0.05, 0) is 77.3 Å². The maximum absolute atomic E-state index is 13.5. The maximum atomic E-state index is 13.5. The zero-order chi connectivity index (χ0) is 27.6. The smallest absolute Gasteiger partial charge is 0.410 e. The second-order valence-corrected chi connectivity index (χ2v) is 11.6. The largest absolute Gasteiger partial charge is 0.444 e. The molecule has 2 fully saturated rings. The fourth-order valence-corrected chi connectivity index (χ4v) is 5.57. The monoisotopic (exact) mass is 530 g/mol. The Bertz CT molecular complexity index is 1030. The van der Waals surface area contributed by atoms with Crippen LogP contribution in [0.15, 0.2) is 24.3 Å². The van der Waals surface area contributed by atoms with Gasteiger partial charge in [0.05, 0.1) is 24.7 Å². The molecule has 1 aromatic carbocycles. The molecule has 1 aromatic rings. The Morgan fingerprint density at radius 3 is 2.61 bits per heavy atom. The van der Waals surface area contributed by atoms with Gasteiger partial charge < -0.3 is 25.2 Å². The Kier molecular flexibility index (Phi) is 8.64. The molecule has 2 heterocycles. The Balaban J connectivity index is 1.41. The molecule has 2 saturated heterocycles. The lowest BCUT2D eigenvalue weighted by molar-refractivity contribution is -0.145. The zero-order valence-corrected chi connectivity index (χ0v) is 23.1. The first-order chi connectivity index (χ1) is 18.0. The highest BCUT2D eigenvalue weighted by Gasteiger charge is 2.47. The van der Waals surface area contributed by atoms with Crippen LogP contribution >= 0.6 is 0 Å². The second-order valence-electron chi connectivity index (χ2n) is 11.6. The van der Waals surface area contributed by atoms with E-state index in [0.717, 1.165) is 24.8 Å². The average Bonchev–Trinajstić information content (AvgIpc) is 3.23. The summed E-state index contributed by atoms with van der Waals surface area (Å²) in [5.41, 5.74) is 1.73. The van der Waals surface area contributed by atoms with E-state index in [4.69, 9.17) is 9.47 Å². The van der Waals surface area contributed by atoms with Crippen molar-refractivity contribution < 1.29 is 29.0 Å². The van der Waals surface area contributed by atoms with Crippen molar-refractivity contribution in [2.45, 2.75) is 108 Å². The van der Waals surface area contributed by atoms with E-state index in [9.17, 15) is 19.5 Å². The van der Waals surface area contributed by atoms with E-state index in [2.05, 4.69) is 22.8 Å². The Morgan fingerprint density at radius 1 is 1.13 bits per heavy atom. The minimum absolute atomic E-state index is 0.0590. The molecule has 3 amide bonds. The Morgan fingerprint density at radius 2 is 1.87 bits per heavy atom. The number of carbonyl (C=O) groups excluding carboxylic acids is 3. The molecule has 1 aliphatic carbocycles. The van der Waals surface area contributed by atoms with Crippen molar-refractivity contribution >= 4 is 17.9 Å². The normalized spacial score (nSPS) is 28.3. The lowest BCUT2D eigenvalue weighted by Gasteiger charge is -2.36. The molecule has 3 aliphatic rings. The van der Waals surface area contributed by atoms with Gasteiger partial charge >= 0.3 is 6.09 Å². The number of nitrogens with one attached hydrogen (secondary N) is 2. The molecule has 210 valence electrons. The number of aliphatic hydroxyl groups is 1. The molecule has 10 heteroatoms. The summed E-state index contributed by atoms with van der Waals surface area (Å²) in [5.74, 6) is -0.554. The van der Waals surface area contributed by atoms with Gasteiger partial charge in [0.1, 0.15) is 24.1 Å². The van der Waals surface area contributed by atoms with Crippen molar-refractivity contribution in [1.29, 1.82) is 0 Å². The fourth-order valence-electron chi connectivity index (χ4n) is 5.57. The van der Waals surface area contributed by atoms with Crippen LogP contribution in [-0.2, 0) is 25.5 Å². The van der Waals surface area contributed by atoms with E-state index >= 15 is 0 Å². The number of hydrogen-bond acceptors (Lipinski definition) is 7. The number of nitrogens with zero attached hydrogens (tertiary/aromatic N) is 2. The Labute approximate surface area is 225 Å². The Hall–Kier alpha value is -2.69. The van der Waals surface area contributed by atoms with Crippen molar-refractivity contribution in [2.75, 3.05) is 13.7 Å². The van der Waals surface area contributed by atoms with Crippen LogP contribution in [0.5, 0.6) is 0 Å². The molecular formula is C28H42N4O6. The summed E-state index contributed by atoms with van der Waals surface area (Å²) in [5, 5.41) is 17.5. The predicted octanol–water partition coefficient (Wildman–Crippen LogP) is 2.45. The van der Waals surface area contributed by atoms with Crippen molar-refractivity contribution in [3.8, 4) is 0 Å². The number of benzene rings is 1. The molecule has 6 atom stereocenters. The standard InChI is InChI=1S/C28H42N4O6/c1-17(31(5)27(36)38-28(2,3)4)24(33)30-21-15-16-37-23-14-13-22(32(23)26(21)35)25(34)29-20-12-8-10-18-9-6-7-11-19(18)20/h6-7,9,11,17,20-23,26,35H,8,10,12-16H2,1-5H3,(H,29,34)(H,30,33)/t17-,20+,21-,22+,23-,26?/m0/s1. The van der Waals surface area contributed by atoms with Gasteiger partial charge in [0.2, 0.25) is 11.8 Å². The highest BCUT2D eigenvalue weighted by Crippen LogP contribution is 2.33. The summed E-state index contributed by atoms with van der Waals surface area (Å²) in [6.07, 6.45) is 2.34. The van der Waals surface area contributed by atoms with Gasteiger partial charge in [0, 0.05) is 7.05 Å². The highest BCUT2D eigenvalue weighted by molar-refractivity contribution is 5.85. The van der Waals surface area contributed by atoms with Gasteiger partial charge in [0.15, 0.2) is 0 Å². The van der Waals surface area contributed by atoms with E-state index in [1.54, 1.807) is 32.6 Å². The van der Waals surface area contributed by atoms with Crippen LogP contribution in [0.4, 0.5) is 4.79 Å². The van der Waals surface area contributed by atoms with Crippen LogP contribution in [0.3, 0.4) is 0 Å².